The van der Waals surface area contributed by atoms with Crippen molar-refractivity contribution in [1.29, 1.82) is 0 Å². The second-order valence-corrected chi connectivity index (χ2v) is 13.6. The minimum absolute atomic E-state index is 0.255. The number of pyridine rings is 1. The van der Waals surface area contributed by atoms with Crippen LogP contribution in [0.3, 0.4) is 0 Å². The van der Waals surface area contributed by atoms with Crippen LogP contribution in [0.4, 0.5) is 4.79 Å². The Morgan fingerprint density at radius 2 is 1.76 bits per heavy atom. The molecule has 2 aliphatic carbocycles. The molecule has 266 valence electrons. The number of hydrogen-bond acceptors (Lipinski definition) is 9. The Bertz CT molecular complexity index is 1530. The molecule has 3 aromatic rings. The van der Waals surface area contributed by atoms with Gasteiger partial charge >= 0.3 is 6.03 Å². The van der Waals surface area contributed by atoms with Crippen LogP contribution in [0.1, 0.15) is 74.5 Å². The van der Waals surface area contributed by atoms with Crippen molar-refractivity contribution in [2.24, 2.45) is 0 Å². The summed E-state index contributed by atoms with van der Waals surface area (Å²) >= 11 is 6.65. The number of nitrogens with one attached hydrogen (secondary N) is 2. The first kappa shape index (κ1) is 37.0. The summed E-state index contributed by atoms with van der Waals surface area (Å²) < 4.78 is 12.9. The zero-order chi connectivity index (χ0) is 35.0. The molecule has 12 heteroatoms. The maximum absolute atomic E-state index is 12.1. The lowest BCUT2D eigenvalue weighted by atomic mass is 9.94. The summed E-state index contributed by atoms with van der Waals surface area (Å²) in [6.45, 7) is 1.84. The quantitative estimate of drug-likeness (QED) is 0.0908. The highest BCUT2D eigenvalue weighted by Gasteiger charge is 2.48. The van der Waals surface area contributed by atoms with Crippen LogP contribution >= 0.6 is 11.6 Å². The number of urea groups is 1. The van der Waals surface area contributed by atoms with E-state index in [1.54, 1.807) is 0 Å². The third kappa shape index (κ3) is 9.91. The van der Waals surface area contributed by atoms with E-state index < -0.39 is 42.7 Å². The normalized spacial score (nSPS) is 18.2. The van der Waals surface area contributed by atoms with Crippen LogP contribution in [0.5, 0.6) is 5.75 Å². The van der Waals surface area contributed by atoms with E-state index >= 15 is 0 Å². The molecule has 1 heterocycles. The fraction of sp³-hybridized carbons (Fsp3) is 0.514. The van der Waals surface area contributed by atoms with Gasteiger partial charge < -0.3 is 45.6 Å². The molecule has 1 aromatic heterocycles. The number of aliphatic hydroxyl groups excluding tert-OH is 5. The topological polar surface area (TPSA) is 174 Å². The van der Waals surface area contributed by atoms with Crippen molar-refractivity contribution in [3.63, 3.8) is 0 Å². The Hall–Kier alpha value is -3.29. The molecule has 0 unspecified atom stereocenters. The highest BCUT2D eigenvalue weighted by molar-refractivity contribution is 6.31. The van der Waals surface area contributed by atoms with Gasteiger partial charge in [0.05, 0.1) is 31.0 Å². The number of rotatable bonds is 19. The van der Waals surface area contributed by atoms with Crippen LogP contribution in [0.15, 0.2) is 60.9 Å². The number of carbonyl (C=O) groups excluding carboxylic acids is 1. The highest BCUT2D eigenvalue weighted by atomic mass is 35.5. The zero-order valence-corrected chi connectivity index (χ0v) is 28.6. The third-order valence-corrected chi connectivity index (χ3v) is 9.67. The molecule has 0 spiro atoms. The Labute approximate surface area is 292 Å². The lowest BCUT2D eigenvalue weighted by molar-refractivity contribution is -0.113. The monoisotopic (exact) mass is 697 g/mol. The van der Waals surface area contributed by atoms with Crippen molar-refractivity contribution < 1.29 is 39.8 Å². The van der Waals surface area contributed by atoms with E-state index in [0.717, 1.165) is 78.5 Å². The number of aromatic nitrogens is 1. The number of carbonyl (C=O) groups is 1. The van der Waals surface area contributed by atoms with Gasteiger partial charge in [-0.25, -0.2) is 4.79 Å². The molecule has 5 atom stereocenters. The van der Waals surface area contributed by atoms with E-state index in [0.29, 0.717) is 24.3 Å². The first-order valence-electron chi connectivity index (χ1n) is 17.1. The molecule has 0 aliphatic heterocycles. The van der Waals surface area contributed by atoms with Crippen LogP contribution < -0.4 is 15.4 Å². The van der Waals surface area contributed by atoms with Gasteiger partial charge in [-0.2, -0.15) is 0 Å². The minimum atomic E-state index is -1.74. The number of hydrogen-bond donors (Lipinski definition) is 7. The number of benzene rings is 2. The number of amides is 2. The van der Waals surface area contributed by atoms with Crippen molar-refractivity contribution in [3.8, 4) is 16.9 Å². The summed E-state index contributed by atoms with van der Waals surface area (Å²) in [6.07, 6.45) is 3.91. The molecule has 0 radical (unpaired) electrons. The number of nitrogens with zero attached hydrogens (tertiary/aromatic N) is 1. The molecule has 2 fully saturated rings. The lowest BCUT2D eigenvalue weighted by Crippen LogP contribution is -2.50. The Kier molecular flexibility index (Phi) is 12.9. The van der Waals surface area contributed by atoms with E-state index in [1.807, 2.05) is 48.8 Å². The van der Waals surface area contributed by atoms with Crippen LogP contribution in [-0.4, -0.2) is 86.8 Å². The largest absolute Gasteiger partial charge is 0.490 e. The van der Waals surface area contributed by atoms with Crippen LogP contribution in [-0.2, 0) is 16.9 Å². The van der Waals surface area contributed by atoms with Gasteiger partial charge in [-0.15, -0.1) is 0 Å². The van der Waals surface area contributed by atoms with Crippen molar-refractivity contribution in [2.45, 2.75) is 101 Å². The number of unbranched alkanes of at least 4 members (excludes halogenated alkanes) is 1. The van der Waals surface area contributed by atoms with Gasteiger partial charge in [-0.05, 0) is 79.3 Å². The molecule has 2 aromatic carbocycles. The van der Waals surface area contributed by atoms with Gasteiger partial charge in [0.15, 0.2) is 0 Å². The van der Waals surface area contributed by atoms with Crippen molar-refractivity contribution >= 4 is 17.6 Å². The predicted molar refractivity (Wildman–Crippen MR) is 185 cm³/mol. The summed E-state index contributed by atoms with van der Waals surface area (Å²) in [6, 6.07) is 15.8. The van der Waals surface area contributed by atoms with E-state index in [4.69, 9.17) is 26.2 Å². The molecule has 2 amide bonds. The van der Waals surface area contributed by atoms with Gasteiger partial charge in [0.1, 0.15) is 24.1 Å². The van der Waals surface area contributed by atoms with Crippen molar-refractivity contribution in [1.82, 2.24) is 15.6 Å². The third-order valence-electron chi connectivity index (χ3n) is 9.30. The fourth-order valence-corrected chi connectivity index (χ4v) is 6.04. The van der Waals surface area contributed by atoms with E-state index in [9.17, 15) is 25.2 Å². The van der Waals surface area contributed by atoms with Gasteiger partial charge in [0.2, 0.25) is 0 Å². The molecule has 2 aliphatic rings. The minimum Gasteiger partial charge on any atom is -0.490 e. The molecular weight excluding hydrogens is 650 g/mol. The number of para-hydroxylation sites is 1. The maximum Gasteiger partial charge on any atom is 0.314 e. The zero-order valence-electron chi connectivity index (χ0n) is 27.8. The van der Waals surface area contributed by atoms with E-state index in [-0.39, 0.29) is 12.5 Å². The van der Waals surface area contributed by atoms with E-state index in [1.165, 1.54) is 0 Å². The van der Waals surface area contributed by atoms with E-state index in [2.05, 4.69) is 34.7 Å². The van der Waals surface area contributed by atoms with Crippen LogP contribution in [0.2, 0.25) is 5.02 Å². The predicted octanol–water partition coefficient (Wildman–Crippen LogP) is 4.16. The fourth-order valence-electron chi connectivity index (χ4n) is 5.87. The Morgan fingerprint density at radius 3 is 2.49 bits per heavy atom. The van der Waals surface area contributed by atoms with Gasteiger partial charge in [-0.1, -0.05) is 55.3 Å². The lowest BCUT2D eigenvalue weighted by Gasteiger charge is -2.25. The molecule has 5 rings (SSSR count). The smallest absolute Gasteiger partial charge is 0.314 e. The molecule has 2 saturated carbocycles. The van der Waals surface area contributed by atoms with Gasteiger partial charge in [0.25, 0.3) is 0 Å². The summed E-state index contributed by atoms with van der Waals surface area (Å²) in [5, 5.41) is 53.6. The standard InChI is InChI=1S/C37H48ClN3O8/c1-23(6-4-5-16-40-36(47)41-20-31(43)34(45)35(46)32(44)21-42)24-9-12-30(38)25(18-24)22-48-37(14-15-37)29-19-39-17-13-27(29)28-7-2-3-8-33(28)49-26-10-11-26/h2-3,7-9,12-13,17-19,23,26,31-32,34-35,42-46H,4-6,10-11,14-16,20-22H2,1H3,(H2,40,41,47)/t23-,31-,32+,34+,35+/m0/s1. The average Bonchev–Trinajstić information content (AvgIpc) is 4.07. The molecular formula is C37H48ClN3O8. The number of halogens is 1. The molecule has 0 saturated heterocycles. The van der Waals surface area contributed by atoms with Gasteiger partial charge in [0, 0.05) is 41.6 Å². The maximum atomic E-state index is 12.1. The summed E-state index contributed by atoms with van der Waals surface area (Å²) in [4.78, 5) is 16.6. The second kappa shape index (κ2) is 17.1. The Morgan fingerprint density at radius 1 is 1.00 bits per heavy atom. The molecule has 7 N–H and O–H groups in total. The summed E-state index contributed by atoms with van der Waals surface area (Å²) in [7, 11) is 0. The SMILES string of the molecule is C[C@@H](CCCCNC(=O)NC[C@H](O)[C@@H](O)[C@H](O)[C@H](O)CO)c1ccc(Cl)c(COC2(c3cnccc3-c3ccccc3OC3CC3)CC2)c1. The first-order valence-corrected chi connectivity index (χ1v) is 17.5. The van der Waals surface area contributed by atoms with Crippen LogP contribution in [0, 0.1) is 0 Å². The van der Waals surface area contributed by atoms with Crippen molar-refractivity contribution in [2.75, 3.05) is 19.7 Å². The van der Waals surface area contributed by atoms with Crippen molar-refractivity contribution in [3.05, 3.63) is 82.6 Å². The number of ether oxygens (including phenoxy) is 2. The molecule has 0 bridgehead atoms. The molecule has 49 heavy (non-hydrogen) atoms. The summed E-state index contributed by atoms with van der Waals surface area (Å²) in [5.41, 5.74) is 4.86. The van der Waals surface area contributed by atoms with Crippen LogP contribution in [0.25, 0.3) is 11.1 Å². The highest BCUT2D eigenvalue weighted by Crippen LogP contribution is 2.53. The second-order valence-electron chi connectivity index (χ2n) is 13.2. The first-order chi connectivity index (χ1) is 23.6. The van der Waals surface area contributed by atoms with Gasteiger partial charge in [-0.3, -0.25) is 4.98 Å². The molecule has 11 nitrogen and oxygen atoms in total. The Balaban J connectivity index is 1.09. The number of aliphatic hydroxyl groups is 5. The average molecular weight is 698 g/mol. The summed E-state index contributed by atoms with van der Waals surface area (Å²) in [5.74, 6) is 1.15.